The minimum atomic E-state index is 0.113. The van der Waals surface area contributed by atoms with Crippen LogP contribution in [0.1, 0.15) is 38.1 Å². The molecule has 1 N–H and O–H groups in total. The number of fused-ring (bicyclic) bond motifs is 1. The molecule has 0 radical (unpaired) electrons. The Bertz CT molecular complexity index is 734. The van der Waals surface area contributed by atoms with E-state index in [2.05, 4.69) is 51.8 Å². The molecule has 2 aromatic rings. The maximum atomic E-state index is 12.5. The number of carbonyl (C=O) groups is 1. The average Bonchev–Trinajstić information content (AvgIpc) is 2.86. The van der Waals surface area contributed by atoms with Crippen molar-refractivity contribution in [3.63, 3.8) is 0 Å². The first-order valence-electron chi connectivity index (χ1n) is 8.89. The molecule has 0 aliphatic carbocycles. The van der Waals surface area contributed by atoms with Gasteiger partial charge in [0.15, 0.2) is 0 Å². The number of amides is 1. The predicted molar refractivity (Wildman–Crippen MR) is 96.7 cm³/mol. The van der Waals surface area contributed by atoms with Gasteiger partial charge >= 0.3 is 0 Å². The van der Waals surface area contributed by atoms with Crippen LogP contribution in [0.3, 0.4) is 0 Å². The lowest BCUT2D eigenvalue weighted by atomic mass is 9.96. The van der Waals surface area contributed by atoms with E-state index < -0.39 is 0 Å². The van der Waals surface area contributed by atoms with E-state index in [1.165, 1.54) is 0 Å². The van der Waals surface area contributed by atoms with Crippen LogP contribution in [-0.4, -0.2) is 39.5 Å². The zero-order chi connectivity index (χ0) is 17.3. The summed E-state index contributed by atoms with van der Waals surface area (Å²) < 4.78 is 2.08. The number of imidazole rings is 1. The van der Waals surface area contributed by atoms with Gasteiger partial charge in [-0.05, 0) is 57.9 Å². The van der Waals surface area contributed by atoms with Crippen molar-refractivity contribution in [2.24, 2.45) is 13.0 Å². The molecule has 1 aliphatic heterocycles. The Hall–Kier alpha value is -1.88. The summed E-state index contributed by atoms with van der Waals surface area (Å²) >= 11 is 0. The number of carbonyl (C=O) groups excluding carboxylic acids is 1. The quantitative estimate of drug-likeness (QED) is 0.938. The first kappa shape index (κ1) is 17.0. The molecule has 5 nitrogen and oxygen atoms in total. The fraction of sp³-hybridized carbons (Fsp3) is 0.579. The third-order valence-corrected chi connectivity index (χ3v) is 5.19. The minimum absolute atomic E-state index is 0.113. The second kappa shape index (κ2) is 6.93. The van der Waals surface area contributed by atoms with E-state index in [1.807, 2.05) is 14.0 Å². The molecule has 0 bridgehead atoms. The first-order valence-corrected chi connectivity index (χ1v) is 8.89. The Kier molecular flexibility index (Phi) is 4.90. The Morgan fingerprint density at radius 3 is 2.96 bits per heavy atom. The topological polar surface area (TPSA) is 50.2 Å². The number of aromatic nitrogens is 2. The molecule has 130 valence electrons. The lowest BCUT2D eigenvalue weighted by Crippen LogP contribution is -2.45. The van der Waals surface area contributed by atoms with Gasteiger partial charge < -0.3 is 14.8 Å². The van der Waals surface area contributed by atoms with Crippen LogP contribution in [0.4, 0.5) is 0 Å². The van der Waals surface area contributed by atoms with Crippen molar-refractivity contribution >= 4 is 16.9 Å². The summed E-state index contributed by atoms with van der Waals surface area (Å²) in [4.78, 5) is 19.5. The van der Waals surface area contributed by atoms with Crippen LogP contribution in [0, 0.1) is 12.8 Å². The number of hydrogen-bond donors (Lipinski definition) is 1. The van der Waals surface area contributed by atoms with E-state index in [-0.39, 0.29) is 11.8 Å². The summed E-state index contributed by atoms with van der Waals surface area (Å²) in [5.74, 6) is 1.29. The lowest BCUT2D eigenvalue weighted by Gasteiger charge is -2.34. The number of aryl methyl sites for hydroxylation is 2. The number of likely N-dealkylation sites (tertiary alicyclic amines) is 1. The van der Waals surface area contributed by atoms with Crippen LogP contribution in [-0.2, 0) is 18.4 Å². The molecule has 0 unspecified atom stereocenters. The van der Waals surface area contributed by atoms with Gasteiger partial charge in [0.1, 0.15) is 5.82 Å². The zero-order valence-electron chi connectivity index (χ0n) is 15.2. The van der Waals surface area contributed by atoms with Crippen molar-refractivity contribution in [1.82, 2.24) is 19.8 Å². The molecule has 1 aromatic carbocycles. The number of nitrogens with one attached hydrogen (secondary N) is 1. The summed E-state index contributed by atoms with van der Waals surface area (Å²) in [7, 11) is 2.02. The summed E-state index contributed by atoms with van der Waals surface area (Å²) in [5.41, 5.74) is 3.22. The molecule has 2 heterocycles. The van der Waals surface area contributed by atoms with E-state index in [1.54, 1.807) is 0 Å². The normalized spacial score (nSPS) is 19.1. The Labute approximate surface area is 144 Å². The number of rotatable bonds is 4. The molecular formula is C19H28N4O. The van der Waals surface area contributed by atoms with Crippen molar-refractivity contribution in [3.05, 3.63) is 29.6 Å². The molecular weight excluding hydrogens is 300 g/mol. The second-order valence-electron chi connectivity index (χ2n) is 7.19. The van der Waals surface area contributed by atoms with Crippen LogP contribution in [0.2, 0.25) is 0 Å². The van der Waals surface area contributed by atoms with Crippen LogP contribution in [0.25, 0.3) is 11.0 Å². The smallest absolute Gasteiger partial charge is 0.224 e. The van der Waals surface area contributed by atoms with Gasteiger partial charge in [0, 0.05) is 26.2 Å². The zero-order valence-corrected chi connectivity index (χ0v) is 15.2. The van der Waals surface area contributed by atoms with Gasteiger partial charge in [0.2, 0.25) is 5.91 Å². The molecule has 0 saturated carbocycles. The van der Waals surface area contributed by atoms with E-state index >= 15 is 0 Å². The summed E-state index contributed by atoms with van der Waals surface area (Å²) in [6.45, 7) is 8.96. The fourth-order valence-electron chi connectivity index (χ4n) is 3.50. The monoisotopic (exact) mass is 328 g/mol. The number of benzene rings is 1. The van der Waals surface area contributed by atoms with E-state index in [0.29, 0.717) is 12.6 Å². The molecule has 5 heteroatoms. The summed E-state index contributed by atoms with van der Waals surface area (Å²) in [6, 6.07) is 6.74. The number of hydrogen-bond acceptors (Lipinski definition) is 3. The Balaban J connectivity index is 1.61. The van der Waals surface area contributed by atoms with Crippen molar-refractivity contribution in [2.45, 2.75) is 46.2 Å². The van der Waals surface area contributed by atoms with Gasteiger partial charge in [-0.25, -0.2) is 4.98 Å². The minimum Gasteiger partial charge on any atom is -0.352 e. The largest absolute Gasteiger partial charge is 0.352 e. The molecule has 1 saturated heterocycles. The number of nitrogens with zero attached hydrogens (tertiary/aromatic N) is 3. The SMILES string of the molecule is Cc1nc2cc(CNC(=O)[C@@H]3CCCN(C(C)C)C3)ccc2n1C. The highest BCUT2D eigenvalue weighted by Gasteiger charge is 2.26. The molecule has 1 atom stereocenters. The lowest BCUT2D eigenvalue weighted by molar-refractivity contribution is -0.127. The highest BCUT2D eigenvalue weighted by atomic mass is 16.1. The first-order chi connectivity index (χ1) is 11.5. The second-order valence-corrected chi connectivity index (χ2v) is 7.19. The van der Waals surface area contributed by atoms with Gasteiger partial charge in [-0.1, -0.05) is 6.07 Å². The molecule has 1 fully saturated rings. The van der Waals surface area contributed by atoms with Crippen molar-refractivity contribution in [3.8, 4) is 0 Å². The molecule has 24 heavy (non-hydrogen) atoms. The third-order valence-electron chi connectivity index (χ3n) is 5.19. The van der Waals surface area contributed by atoms with Gasteiger partial charge in [-0.2, -0.15) is 0 Å². The summed E-state index contributed by atoms with van der Waals surface area (Å²) in [5, 5.41) is 3.11. The van der Waals surface area contributed by atoms with Crippen molar-refractivity contribution in [1.29, 1.82) is 0 Å². The van der Waals surface area contributed by atoms with Gasteiger partial charge in [-0.15, -0.1) is 0 Å². The van der Waals surface area contributed by atoms with Gasteiger partial charge in [0.25, 0.3) is 0 Å². The third kappa shape index (κ3) is 3.46. The molecule has 0 spiro atoms. The molecule has 3 rings (SSSR count). The maximum Gasteiger partial charge on any atom is 0.224 e. The Morgan fingerprint density at radius 1 is 1.42 bits per heavy atom. The van der Waals surface area contributed by atoms with Gasteiger partial charge in [-0.3, -0.25) is 4.79 Å². The van der Waals surface area contributed by atoms with Crippen LogP contribution >= 0.6 is 0 Å². The van der Waals surface area contributed by atoms with Crippen LogP contribution < -0.4 is 5.32 Å². The summed E-state index contributed by atoms with van der Waals surface area (Å²) in [6.07, 6.45) is 2.10. The van der Waals surface area contributed by atoms with Crippen LogP contribution in [0.5, 0.6) is 0 Å². The maximum absolute atomic E-state index is 12.5. The van der Waals surface area contributed by atoms with E-state index in [4.69, 9.17) is 0 Å². The standard InChI is InChI=1S/C19H28N4O/c1-13(2)23-9-5-6-16(12-23)19(24)20-11-15-7-8-18-17(10-15)21-14(3)22(18)4/h7-8,10,13,16H,5-6,9,11-12H2,1-4H3,(H,20,24)/t16-/m1/s1. The van der Waals surface area contributed by atoms with Crippen molar-refractivity contribution < 1.29 is 4.79 Å². The highest BCUT2D eigenvalue weighted by Crippen LogP contribution is 2.19. The Morgan fingerprint density at radius 2 is 2.21 bits per heavy atom. The van der Waals surface area contributed by atoms with E-state index in [0.717, 1.165) is 48.4 Å². The van der Waals surface area contributed by atoms with Crippen LogP contribution in [0.15, 0.2) is 18.2 Å². The highest BCUT2D eigenvalue weighted by molar-refractivity contribution is 5.80. The molecule has 1 aliphatic rings. The molecule has 1 amide bonds. The van der Waals surface area contributed by atoms with Crippen molar-refractivity contribution in [2.75, 3.05) is 13.1 Å². The predicted octanol–water partition coefficient (Wildman–Crippen LogP) is 2.62. The van der Waals surface area contributed by atoms with Gasteiger partial charge in [0.05, 0.1) is 17.0 Å². The number of piperidine rings is 1. The fourth-order valence-corrected chi connectivity index (χ4v) is 3.50. The average molecular weight is 328 g/mol. The van der Waals surface area contributed by atoms with E-state index in [9.17, 15) is 4.79 Å². The molecule has 1 aromatic heterocycles.